The number of anilines is 1. The lowest BCUT2D eigenvalue weighted by Crippen LogP contribution is -2.53. The second-order valence-electron chi connectivity index (χ2n) is 6.04. The predicted octanol–water partition coefficient (Wildman–Crippen LogP) is 0.931. The van der Waals surface area contributed by atoms with Crippen molar-refractivity contribution in [2.75, 3.05) is 37.6 Å². The first-order valence-electron chi connectivity index (χ1n) is 8.17. The number of nitrogens with one attached hydrogen (secondary N) is 1. The summed E-state index contributed by atoms with van der Waals surface area (Å²) >= 11 is 0. The van der Waals surface area contributed by atoms with Crippen molar-refractivity contribution < 1.29 is 14.3 Å². The Morgan fingerprint density at radius 3 is 2.78 bits per heavy atom. The predicted molar refractivity (Wildman–Crippen MR) is 87.7 cm³/mol. The Kier molecular flexibility index (Phi) is 4.52. The minimum Gasteiger partial charge on any atom is -0.478 e. The molecule has 0 radical (unpaired) electrons. The van der Waals surface area contributed by atoms with E-state index in [4.69, 9.17) is 4.74 Å². The smallest absolute Gasteiger partial charge is 0.268 e. The summed E-state index contributed by atoms with van der Waals surface area (Å²) in [5.74, 6) is 0.535. The molecule has 1 atom stereocenters. The fourth-order valence-corrected chi connectivity index (χ4v) is 3.00. The van der Waals surface area contributed by atoms with Crippen molar-refractivity contribution in [3.63, 3.8) is 0 Å². The van der Waals surface area contributed by atoms with Crippen LogP contribution in [0.15, 0.2) is 18.2 Å². The van der Waals surface area contributed by atoms with E-state index in [2.05, 4.69) is 5.32 Å². The molecule has 2 amide bonds. The maximum atomic E-state index is 12.7. The van der Waals surface area contributed by atoms with E-state index in [1.807, 2.05) is 36.9 Å². The van der Waals surface area contributed by atoms with Gasteiger partial charge in [-0.25, -0.2) is 0 Å². The molecule has 0 bridgehead atoms. The summed E-state index contributed by atoms with van der Waals surface area (Å²) < 4.78 is 5.78. The first kappa shape index (κ1) is 15.8. The lowest BCUT2D eigenvalue weighted by molar-refractivity contribution is -0.133. The van der Waals surface area contributed by atoms with Gasteiger partial charge in [0, 0.05) is 26.2 Å². The van der Waals surface area contributed by atoms with E-state index >= 15 is 0 Å². The molecule has 1 N–H and O–H groups in total. The van der Waals surface area contributed by atoms with Crippen molar-refractivity contribution in [3.8, 4) is 5.75 Å². The zero-order valence-electron chi connectivity index (χ0n) is 13.7. The Labute approximate surface area is 136 Å². The highest BCUT2D eigenvalue weighted by Crippen LogP contribution is 2.35. The molecule has 23 heavy (non-hydrogen) atoms. The highest BCUT2D eigenvalue weighted by molar-refractivity contribution is 6.03. The zero-order valence-corrected chi connectivity index (χ0v) is 13.7. The Morgan fingerprint density at radius 2 is 2.09 bits per heavy atom. The van der Waals surface area contributed by atoms with Crippen LogP contribution in [0.25, 0.3) is 0 Å². The SMILES string of the molecule is CCC1Oc2ccc(C)cc2N(CC(=O)N2CCNCC2)C1=O. The summed E-state index contributed by atoms with van der Waals surface area (Å²) in [6.07, 6.45) is 0.0748. The second-order valence-corrected chi connectivity index (χ2v) is 6.04. The molecule has 0 aliphatic carbocycles. The highest BCUT2D eigenvalue weighted by Gasteiger charge is 2.35. The largest absolute Gasteiger partial charge is 0.478 e. The van der Waals surface area contributed by atoms with Crippen molar-refractivity contribution in [3.05, 3.63) is 23.8 Å². The molecule has 1 saturated heterocycles. The van der Waals surface area contributed by atoms with E-state index in [0.717, 1.165) is 18.7 Å². The topological polar surface area (TPSA) is 61.9 Å². The van der Waals surface area contributed by atoms with Crippen LogP contribution in [0.2, 0.25) is 0 Å². The summed E-state index contributed by atoms with van der Waals surface area (Å²) in [7, 11) is 0. The van der Waals surface area contributed by atoms with Gasteiger partial charge in [-0.2, -0.15) is 0 Å². The molecule has 6 heteroatoms. The molecule has 2 aliphatic heterocycles. The number of amides is 2. The molecular formula is C17H23N3O3. The molecule has 1 aromatic rings. The molecule has 3 rings (SSSR count). The van der Waals surface area contributed by atoms with Gasteiger partial charge in [-0.3, -0.25) is 14.5 Å². The van der Waals surface area contributed by atoms with Gasteiger partial charge in [0.05, 0.1) is 5.69 Å². The number of hydrogen-bond acceptors (Lipinski definition) is 4. The lowest BCUT2D eigenvalue weighted by atomic mass is 10.1. The third kappa shape index (κ3) is 3.17. The number of fused-ring (bicyclic) bond motifs is 1. The van der Waals surface area contributed by atoms with Crippen LogP contribution in [0.4, 0.5) is 5.69 Å². The van der Waals surface area contributed by atoms with Gasteiger partial charge in [0.1, 0.15) is 12.3 Å². The molecule has 2 heterocycles. The summed E-state index contributed by atoms with van der Waals surface area (Å²) in [5, 5.41) is 3.23. The Morgan fingerprint density at radius 1 is 1.35 bits per heavy atom. The van der Waals surface area contributed by atoms with E-state index < -0.39 is 6.10 Å². The minimum absolute atomic E-state index is 0.0101. The van der Waals surface area contributed by atoms with E-state index in [0.29, 0.717) is 30.9 Å². The van der Waals surface area contributed by atoms with E-state index in [-0.39, 0.29) is 18.4 Å². The van der Waals surface area contributed by atoms with Crippen molar-refractivity contribution in [2.24, 2.45) is 0 Å². The molecule has 0 spiro atoms. The van der Waals surface area contributed by atoms with Crippen LogP contribution in [-0.2, 0) is 9.59 Å². The van der Waals surface area contributed by atoms with Crippen molar-refractivity contribution in [2.45, 2.75) is 26.4 Å². The molecule has 6 nitrogen and oxygen atoms in total. The minimum atomic E-state index is -0.513. The van der Waals surface area contributed by atoms with Crippen molar-refractivity contribution in [1.82, 2.24) is 10.2 Å². The average molecular weight is 317 g/mol. The summed E-state index contributed by atoms with van der Waals surface area (Å²) in [6, 6.07) is 5.74. The standard InChI is InChI=1S/C17H23N3O3/c1-3-14-17(22)20(11-16(21)19-8-6-18-7-9-19)13-10-12(2)4-5-15(13)23-14/h4-5,10,14,18H,3,6-9,11H2,1-2H3. The quantitative estimate of drug-likeness (QED) is 0.901. The second kappa shape index (κ2) is 6.58. The summed E-state index contributed by atoms with van der Waals surface area (Å²) in [5.41, 5.74) is 1.73. The molecule has 0 saturated carbocycles. The van der Waals surface area contributed by atoms with Gasteiger partial charge in [-0.05, 0) is 31.0 Å². The van der Waals surface area contributed by atoms with Gasteiger partial charge in [-0.1, -0.05) is 13.0 Å². The first-order chi connectivity index (χ1) is 11.1. The molecule has 1 unspecified atom stereocenters. The number of rotatable bonds is 3. The normalized spacial score (nSPS) is 21.0. The molecule has 0 aromatic heterocycles. The number of carbonyl (C=O) groups is 2. The molecule has 2 aliphatic rings. The van der Waals surface area contributed by atoms with Crippen LogP contribution in [0, 0.1) is 6.92 Å². The van der Waals surface area contributed by atoms with Crippen LogP contribution in [-0.4, -0.2) is 55.5 Å². The Balaban J connectivity index is 1.85. The van der Waals surface area contributed by atoms with Crippen molar-refractivity contribution in [1.29, 1.82) is 0 Å². The number of piperazine rings is 1. The van der Waals surface area contributed by atoms with E-state index in [1.165, 1.54) is 0 Å². The van der Waals surface area contributed by atoms with Crippen LogP contribution in [0.5, 0.6) is 5.75 Å². The van der Waals surface area contributed by atoms with Crippen LogP contribution in [0.1, 0.15) is 18.9 Å². The van der Waals surface area contributed by atoms with Gasteiger partial charge in [0.25, 0.3) is 5.91 Å². The first-order valence-corrected chi connectivity index (χ1v) is 8.17. The fraction of sp³-hybridized carbons (Fsp3) is 0.529. The molecular weight excluding hydrogens is 294 g/mol. The Bertz CT molecular complexity index is 611. The third-order valence-electron chi connectivity index (χ3n) is 4.35. The Hall–Kier alpha value is -2.08. The van der Waals surface area contributed by atoms with Gasteiger partial charge in [-0.15, -0.1) is 0 Å². The van der Waals surface area contributed by atoms with Crippen LogP contribution >= 0.6 is 0 Å². The third-order valence-corrected chi connectivity index (χ3v) is 4.35. The lowest BCUT2D eigenvalue weighted by Gasteiger charge is -2.36. The van der Waals surface area contributed by atoms with Gasteiger partial charge >= 0.3 is 0 Å². The maximum Gasteiger partial charge on any atom is 0.268 e. The highest BCUT2D eigenvalue weighted by atomic mass is 16.5. The molecule has 1 aromatic carbocycles. The number of aryl methyl sites for hydroxylation is 1. The summed E-state index contributed by atoms with van der Waals surface area (Å²) in [4.78, 5) is 28.6. The monoisotopic (exact) mass is 317 g/mol. The molecule has 1 fully saturated rings. The zero-order chi connectivity index (χ0) is 16.4. The fourth-order valence-electron chi connectivity index (χ4n) is 3.00. The average Bonchev–Trinajstić information content (AvgIpc) is 2.58. The van der Waals surface area contributed by atoms with Gasteiger partial charge in [0.15, 0.2) is 6.10 Å². The molecule has 124 valence electrons. The number of benzene rings is 1. The number of ether oxygens (including phenoxy) is 1. The van der Waals surface area contributed by atoms with Gasteiger partial charge in [0.2, 0.25) is 5.91 Å². The number of nitrogens with zero attached hydrogens (tertiary/aromatic N) is 2. The maximum absolute atomic E-state index is 12.7. The van der Waals surface area contributed by atoms with Crippen LogP contribution in [0.3, 0.4) is 0 Å². The number of hydrogen-bond donors (Lipinski definition) is 1. The van der Waals surface area contributed by atoms with Crippen molar-refractivity contribution >= 4 is 17.5 Å². The van der Waals surface area contributed by atoms with Gasteiger partial charge < -0.3 is 15.0 Å². The summed E-state index contributed by atoms with van der Waals surface area (Å²) in [6.45, 7) is 6.94. The van der Waals surface area contributed by atoms with E-state index in [9.17, 15) is 9.59 Å². The van der Waals surface area contributed by atoms with E-state index in [1.54, 1.807) is 4.90 Å². The van der Waals surface area contributed by atoms with Crippen LogP contribution < -0.4 is 15.0 Å². The number of carbonyl (C=O) groups excluding carboxylic acids is 2.